The summed E-state index contributed by atoms with van der Waals surface area (Å²) in [5, 5.41) is 9.22. The van der Waals surface area contributed by atoms with Gasteiger partial charge >= 0.3 is 0 Å². The number of hydrazine groups is 1. The average molecular weight is 161 g/mol. The van der Waals surface area contributed by atoms with Crippen LogP contribution in [0, 0.1) is 0 Å². The molecule has 0 saturated carbocycles. The molecule has 56 valence electrons. The van der Waals surface area contributed by atoms with Crippen LogP contribution in [-0.4, -0.2) is 5.21 Å². The third-order valence-corrected chi connectivity index (χ3v) is 1.02. The van der Waals surface area contributed by atoms with Gasteiger partial charge in [0.1, 0.15) is 0 Å². The van der Waals surface area contributed by atoms with Crippen LogP contribution in [0.4, 0.5) is 5.69 Å². The lowest BCUT2D eigenvalue weighted by molar-refractivity contribution is 0.258. The number of hydrogen-bond acceptors (Lipinski definition) is 3. The highest BCUT2D eigenvalue weighted by molar-refractivity contribution is 5.85. The van der Waals surface area contributed by atoms with E-state index in [9.17, 15) is 0 Å². The number of benzene rings is 1. The minimum Gasteiger partial charge on any atom is -0.273 e. The number of anilines is 1. The molecule has 0 heterocycles. The predicted molar refractivity (Wildman–Crippen MR) is 42.1 cm³/mol. The first-order chi connectivity index (χ1) is 4.30. The monoisotopic (exact) mass is 160 g/mol. The van der Waals surface area contributed by atoms with Crippen molar-refractivity contribution in [2.24, 2.45) is 5.84 Å². The lowest BCUT2D eigenvalue weighted by Gasteiger charge is -2.07. The average Bonchev–Trinajstić information content (AvgIpc) is 1.90. The van der Waals surface area contributed by atoms with Crippen molar-refractivity contribution in [1.29, 1.82) is 0 Å². The Morgan fingerprint density at radius 2 is 1.70 bits per heavy atom. The summed E-state index contributed by atoms with van der Waals surface area (Å²) in [5.74, 6) is 5.00. The maximum atomic E-state index is 8.63. The topological polar surface area (TPSA) is 49.5 Å². The summed E-state index contributed by atoms with van der Waals surface area (Å²) in [5.41, 5.74) is 0.581. The van der Waals surface area contributed by atoms with Gasteiger partial charge in [0.05, 0.1) is 5.69 Å². The number of hydrogen-bond donors (Lipinski definition) is 2. The summed E-state index contributed by atoms with van der Waals surface area (Å²) in [6.07, 6.45) is 0. The van der Waals surface area contributed by atoms with Crippen LogP contribution >= 0.6 is 12.4 Å². The summed E-state index contributed by atoms with van der Waals surface area (Å²) in [7, 11) is 0. The summed E-state index contributed by atoms with van der Waals surface area (Å²) in [6, 6.07) is 8.86. The molecule has 0 fully saturated rings. The van der Waals surface area contributed by atoms with Gasteiger partial charge in [0.2, 0.25) is 0 Å². The molecule has 0 aliphatic rings. The van der Waals surface area contributed by atoms with Crippen LogP contribution in [0.3, 0.4) is 0 Å². The van der Waals surface area contributed by atoms with Crippen molar-refractivity contribution >= 4 is 18.1 Å². The maximum Gasteiger partial charge on any atom is 0.0817 e. The Hall–Kier alpha value is -0.770. The molecule has 1 aromatic rings. The third kappa shape index (κ3) is 2.23. The first-order valence-electron chi connectivity index (χ1n) is 2.59. The Bertz CT molecular complexity index is 178. The molecule has 4 heteroatoms. The van der Waals surface area contributed by atoms with Crippen LogP contribution in [0.2, 0.25) is 0 Å². The summed E-state index contributed by atoms with van der Waals surface area (Å²) < 4.78 is 0. The molecule has 0 atom stereocenters. The van der Waals surface area contributed by atoms with Crippen molar-refractivity contribution in [3.05, 3.63) is 30.3 Å². The molecule has 10 heavy (non-hydrogen) atoms. The largest absolute Gasteiger partial charge is 0.273 e. The van der Waals surface area contributed by atoms with Gasteiger partial charge in [0.25, 0.3) is 0 Å². The highest BCUT2D eigenvalue weighted by Gasteiger charge is 1.90. The molecule has 0 aromatic heterocycles. The lowest BCUT2D eigenvalue weighted by Crippen LogP contribution is -2.25. The van der Waals surface area contributed by atoms with E-state index in [1.54, 1.807) is 24.3 Å². The first-order valence-corrected chi connectivity index (χ1v) is 2.59. The van der Waals surface area contributed by atoms with Crippen molar-refractivity contribution in [3.63, 3.8) is 0 Å². The molecule has 0 amide bonds. The second-order valence-electron chi connectivity index (χ2n) is 1.68. The molecule has 0 aliphatic carbocycles. The van der Waals surface area contributed by atoms with Crippen LogP contribution in [0.1, 0.15) is 0 Å². The Morgan fingerprint density at radius 3 is 2.00 bits per heavy atom. The maximum absolute atomic E-state index is 8.63. The van der Waals surface area contributed by atoms with E-state index >= 15 is 0 Å². The Balaban J connectivity index is 0.000000810. The lowest BCUT2D eigenvalue weighted by atomic mass is 10.3. The van der Waals surface area contributed by atoms with E-state index in [2.05, 4.69) is 0 Å². The zero-order valence-corrected chi connectivity index (χ0v) is 6.08. The van der Waals surface area contributed by atoms with E-state index in [1.165, 1.54) is 0 Å². The molecular weight excluding hydrogens is 152 g/mol. The molecule has 0 bridgehead atoms. The van der Waals surface area contributed by atoms with Crippen LogP contribution in [0.5, 0.6) is 0 Å². The SMILES string of the molecule is Cl.NN(O)c1ccccc1. The van der Waals surface area contributed by atoms with Gasteiger partial charge in [0, 0.05) is 0 Å². The quantitative estimate of drug-likeness (QED) is 0.479. The molecule has 3 nitrogen and oxygen atoms in total. The van der Waals surface area contributed by atoms with Crippen molar-refractivity contribution in [2.75, 3.05) is 5.17 Å². The van der Waals surface area contributed by atoms with Crippen molar-refractivity contribution in [2.45, 2.75) is 0 Å². The van der Waals surface area contributed by atoms with Crippen LogP contribution in [0.15, 0.2) is 30.3 Å². The van der Waals surface area contributed by atoms with Gasteiger partial charge in [-0.2, -0.15) is 5.17 Å². The minimum absolute atomic E-state index is 0. The smallest absolute Gasteiger partial charge is 0.0817 e. The summed E-state index contributed by atoms with van der Waals surface area (Å²) in [4.78, 5) is 0. The number of para-hydroxylation sites is 1. The third-order valence-electron chi connectivity index (χ3n) is 1.02. The number of rotatable bonds is 1. The fourth-order valence-electron chi connectivity index (χ4n) is 0.581. The zero-order valence-electron chi connectivity index (χ0n) is 5.27. The summed E-state index contributed by atoms with van der Waals surface area (Å²) >= 11 is 0. The van der Waals surface area contributed by atoms with Crippen molar-refractivity contribution in [3.8, 4) is 0 Å². The number of nitrogens with zero attached hydrogens (tertiary/aromatic N) is 1. The number of halogens is 1. The molecule has 0 spiro atoms. The molecule has 0 saturated heterocycles. The van der Waals surface area contributed by atoms with Crippen molar-refractivity contribution < 1.29 is 5.21 Å². The van der Waals surface area contributed by atoms with Gasteiger partial charge in [-0.25, -0.2) is 5.84 Å². The van der Waals surface area contributed by atoms with Gasteiger partial charge in [0.15, 0.2) is 0 Å². The molecule has 1 rings (SSSR count). The summed E-state index contributed by atoms with van der Waals surface area (Å²) in [6.45, 7) is 0. The Labute approximate surface area is 65.4 Å². The second kappa shape index (κ2) is 4.11. The zero-order chi connectivity index (χ0) is 6.69. The highest BCUT2D eigenvalue weighted by Crippen LogP contribution is 2.05. The van der Waals surface area contributed by atoms with E-state index in [-0.39, 0.29) is 12.4 Å². The van der Waals surface area contributed by atoms with Crippen LogP contribution in [-0.2, 0) is 0 Å². The number of nitrogens with two attached hydrogens (primary N) is 1. The van der Waals surface area contributed by atoms with Gasteiger partial charge in [-0.3, -0.25) is 5.21 Å². The molecule has 0 aliphatic heterocycles. The Morgan fingerprint density at radius 1 is 1.20 bits per heavy atom. The molecular formula is C6H9ClN2O. The molecule has 0 unspecified atom stereocenters. The van der Waals surface area contributed by atoms with Crippen molar-refractivity contribution in [1.82, 2.24) is 0 Å². The van der Waals surface area contributed by atoms with Crippen LogP contribution < -0.4 is 11.0 Å². The van der Waals surface area contributed by atoms with E-state index < -0.39 is 0 Å². The minimum atomic E-state index is 0. The first kappa shape index (κ1) is 9.23. The normalized spacial score (nSPS) is 8.20. The second-order valence-corrected chi connectivity index (χ2v) is 1.68. The molecule has 3 N–H and O–H groups in total. The van der Waals surface area contributed by atoms with E-state index in [0.29, 0.717) is 10.9 Å². The van der Waals surface area contributed by atoms with Gasteiger partial charge < -0.3 is 0 Å². The Kier molecular flexibility index (Phi) is 3.79. The van der Waals surface area contributed by atoms with E-state index in [1.807, 2.05) is 6.07 Å². The van der Waals surface area contributed by atoms with Crippen LogP contribution in [0.25, 0.3) is 0 Å². The fraction of sp³-hybridized carbons (Fsp3) is 0. The molecule has 1 aromatic carbocycles. The fourth-order valence-corrected chi connectivity index (χ4v) is 0.581. The van der Waals surface area contributed by atoms with Gasteiger partial charge in [-0.1, -0.05) is 18.2 Å². The van der Waals surface area contributed by atoms with Gasteiger partial charge in [-0.15, -0.1) is 12.4 Å². The van der Waals surface area contributed by atoms with Gasteiger partial charge in [-0.05, 0) is 12.1 Å². The highest BCUT2D eigenvalue weighted by atomic mass is 35.5. The predicted octanol–water partition coefficient (Wildman–Crippen LogP) is 1.18. The van der Waals surface area contributed by atoms with E-state index in [4.69, 9.17) is 11.0 Å². The standard InChI is InChI=1S/C6H8N2O.ClH/c7-8(9)6-4-2-1-3-5-6;/h1-5,9H,7H2;1H. The van der Waals surface area contributed by atoms with E-state index in [0.717, 1.165) is 0 Å². The molecule has 0 radical (unpaired) electrons.